The summed E-state index contributed by atoms with van der Waals surface area (Å²) in [5, 5.41) is 10.3. The maximum atomic E-state index is 12.2. The molecule has 2 atom stereocenters. The van der Waals surface area contributed by atoms with Gasteiger partial charge in [0.1, 0.15) is 6.07 Å². The van der Waals surface area contributed by atoms with E-state index in [1.165, 1.54) is 0 Å². The zero-order chi connectivity index (χ0) is 15.8. The highest BCUT2D eigenvalue weighted by molar-refractivity contribution is 9.09. The average Bonchev–Trinajstić information content (AvgIpc) is 2.51. The number of benzene rings is 1. The van der Waals surface area contributed by atoms with Crippen molar-refractivity contribution in [1.82, 2.24) is 4.90 Å². The van der Waals surface area contributed by atoms with Crippen LogP contribution < -0.4 is 0 Å². The Bertz CT molecular complexity index is 497. The molecule has 0 radical (unpaired) electrons. The Morgan fingerprint density at radius 1 is 1.38 bits per heavy atom. The molecule has 1 rings (SSSR count). The zero-order valence-electron chi connectivity index (χ0n) is 12.1. The summed E-state index contributed by atoms with van der Waals surface area (Å²) >= 11 is 9.21. The summed E-state index contributed by atoms with van der Waals surface area (Å²) in [4.78, 5) is 13.8. The fraction of sp³-hybridized carbons (Fsp3) is 0.467. The van der Waals surface area contributed by atoms with Gasteiger partial charge in [0, 0.05) is 23.4 Å². The van der Waals surface area contributed by atoms with Crippen molar-refractivity contribution >= 4 is 33.4 Å². The van der Waals surface area contributed by atoms with Gasteiger partial charge in [0.05, 0.1) is 6.10 Å². The van der Waals surface area contributed by atoms with Crippen LogP contribution in [0.25, 0.3) is 0 Å². The third-order valence-electron chi connectivity index (χ3n) is 3.10. The number of hydrogen-bond acceptors (Lipinski definition) is 3. The first kappa shape index (κ1) is 18.0. The van der Waals surface area contributed by atoms with Crippen molar-refractivity contribution in [2.24, 2.45) is 0 Å². The smallest absolute Gasteiger partial charge is 0.266 e. The van der Waals surface area contributed by atoms with E-state index in [1.54, 1.807) is 17.0 Å². The highest BCUT2D eigenvalue weighted by Crippen LogP contribution is 2.23. The second kappa shape index (κ2) is 9.04. The third-order valence-corrected chi connectivity index (χ3v) is 3.94. The molecule has 21 heavy (non-hydrogen) atoms. The van der Waals surface area contributed by atoms with E-state index in [0.29, 0.717) is 23.4 Å². The summed E-state index contributed by atoms with van der Waals surface area (Å²) in [7, 11) is 0. The molecule has 6 heteroatoms. The lowest BCUT2D eigenvalue weighted by Crippen LogP contribution is -2.40. The van der Waals surface area contributed by atoms with Crippen molar-refractivity contribution < 1.29 is 9.53 Å². The largest absolute Gasteiger partial charge is 0.345 e. The van der Waals surface area contributed by atoms with Crippen molar-refractivity contribution in [3.05, 3.63) is 34.9 Å². The van der Waals surface area contributed by atoms with Crippen LogP contribution in [0.3, 0.4) is 0 Å². The normalized spacial score (nSPS) is 13.3. The molecule has 0 aliphatic carbocycles. The van der Waals surface area contributed by atoms with Crippen LogP contribution in [0.5, 0.6) is 0 Å². The molecule has 0 saturated carbocycles. The molecule has 1 amide bonds. The summed E-state index contributed by atoms with van der Waals surface area (Å²) < 4.78 is 5.68. The standard InChI is InChI=1S/C15H18BrClN2O2/c1-3-19(4-2)15(20)14(10-18)21-13(9-16)11-5-7-12(17)8-6-11/h5-8,13-14H,3-4,9H2,1-2H3. The molecule has 1 aromatic rings. The van der Waals surface area contributed by atoms with Crippen molar-refractivity contribution in [2.75, 3.05) is 18.4 Å². The highest BCUT2D eigenvalue weighted by atomic mass is 79.9. The fourth-order valence-electron chi connectivity index (χ4n) is 1.89. The maximum Gasteiger partial charge on any atom is 0.266 e. The molecule has 0 aliphatic rings. The molecule has 114 valence electrons. The first-order valence-electron chi connectivity index (χ1n) is 6.72. The molecule has 4 nitrogen and oxygen atoms in total. The van der Waals surface area contributed by atoms with Gasteiger partial charge >= 0.3 is 0 Å². The number of halogens is 2. The van der Waals surface area contributed by atoms with Crippen molar-refractivity contribution in [2.45, 2.75) is 26.1 Å². The van der Waals surface area contributed by atoms with Crippen LogP contribution >= 0.6 is 27.5 Å². The number of hydrogen-bond donors (Lipinski definition) is 0. The molecule has 0 spiro atoms. The van der Waals surface area contributed by atoms with Gasteiger partial charge in [0.2, 0.25) is 6.10 Å². The van der Waals surface area contributed by atoms with Gasteiger partial charge in [-0.2, -0.15) is 5.26 Å². The Morgan fingerprint density at radius 3 is 2.38 bits per heavy atom. The molecule has 1 aromatic carbocycles. The Morgan fingerprint density at radius 2 is 1.95 bits per heavy atom. The topological polar surface area (TPSA) is 53.3 Å². The molecule has 0 aliphatic heterocycles. The zero-order valence-corrected chi connectivity index (χ0v) is 14.4. The van der Waals surface area contributed by atoms with Crippen LogP contribution in [0.4, 0.5) is 0 Å². The number of ether oxygens (including phenoxy) is 1. The van der Waals surface area contributed by atoms with E-state index >= 15 is 0 Å². The van der Waals surface area contributed by atoms with Gasteiger partial charge in [-0.1, -0.05) is 39.7 Å². The van der Waals surface area contributed by atoms with E-state index in [-0.39, 0.29) is 12.0 Å². The maximum absolute atomic E-state index is 12.2. The minimum atomic E-state index is -1.11. The van der Waals surface area contributed by atoms with Gasteiger partial charge in [-0.05, 0) is 31.5 Å². The van der Waals surface area contributed by atoms with Crippen LogP contribution in [0.15, 0.2) is 24.3 Å². The van der Waals surface area contributed by atoms with Crippen molar-refractivity contribution in [3.63, 3.8) is 0 Å². The first-order valence-corrected chi connectivity index (χ1v) is 8.22. The molecule has 0 N–H and O–H groups in total. The Labute approximate surface area is 138 Å². The third kappa shape index (κ3) is 4.99. The van der Waals surface area contributed by atoms with Crippen LogP contribution in [-0.2, 0) is 9.53 Å². The van der Waals surface area contributed by atoms with E-state index in [9.17, 15) is 10.1 Å². The van der Waals surface area contributed by atoms with Gasteiger partial charge in [-0.25, -0.2) is 0 Å². The molecule has 0 saturated heterocycles. The van der Waals surface area contributed by atoms with E-state index < -0.39 is 6.10 Å². The van der Waals surface area contributed by atoms with E-state index in [1.807, 2.05) is 32.0 Å². The summed E-state index contributed by atoms with van der Waals surface area (Å²) in [6.07, 6.45) is -1.49. The quantitative estimate of drug-likeness (QED) is 0.687. The lowest BCUT2D eigenvalue weighted by molar-refractivity contribution is -0.142. The van der Waals surface area contributed by atoms with Crippen molar-refractivity contribution in [3.8, 4) is 6.07 Å². The van der Waals surface area contributed by atoms with Crippen LogP contribution in [-0.4, -0.2) is 35.3 Å². The first-order chi connectivity index (χ1) is 10.1. The number of nitriles is 1. The van der Waals surface area contributed by atoms with Gasteiger partial charge in [0.25, 0.3) is 5.91 Å². The highest BCUT2D eigenvalue weighted by Gasteiger charge is 2.26. The van der Waals surface area contributed by atoms with Crippen molar-refractivity contribution in [1.29, 1.82) is 5.26 Å². The number of alkyl halides is 1. The van der Waals surface area contributed by atoms with E-state index in [4.69, 9.17) is 16.3 Å². The average molecular weight is 374 g/mol. The number of carbonyl (C=O) groups is 1. The molecular weight excluding hydrogens is 356 g/mol. The summed E-state index contributed by atoms with van der Waals surface area (Å²) in [6.45, 7) is 4.85. The van der Waals surface area contributed by atoms with Gasteiger partial charge < -0.3 is 9.64 Å². The summed E-state index contributed by atoms with van der Waals surface area (Å²) in [5.41, 5.74) is 0.865. The van der Waals surface area contributed by atoms with E-state index in [0.717, 1.165) is 5.56 Å². The number of nitrogens with zero attached hydrogens (tertiary/aromatic N) is 2. The van der Waals surface area contributed by atoms with Crippen LogP contribution in [0, 0.1) is 11.3 Å². The summed E-state index contributed by atoms with van der Waals surface area (Å²) in [6, 6.07) is 9.09. The minimum Gasteiger partial charge on any atom is -0.345 e. The lowest BCUT2D eigenvalue weighted by Gasteiger charge is -2.24. The Kier molecular flexibility index (Phi) is 7.73. The monoisotopic (exact) mass is 372 g/mol. The molecule has 2 unspecified atom stereocenters. The Balaban J connectivity index is 2.85. The predicted molar refractivity (Wildman–Crippen MR) is 86.4 cm³/mol. The van der Waals surface area contributed by atoms with E-state index in [2.05, 4.69) is 15.9 Å². The fourth-order valence-corrected chi connectivity index (χ4v) is 2.54. The molecule has 0 aromatic heterocycles. The number of rotatable bonds is 7. The molecular formula is C15H18BrClN2O2. The number of amides is 1. The van der Waals surface area contributed by atoms with Gasteiger partial charge in [-0.15, -0.1) is 0 Å². The molecule has 0 fully saturated rings. The minimum absolute atomic E-state index is 0.303. The van der Waals surface area contributed by atoms with Crippen LogP contribution in [0.2, 0.25) is 5.02 Å². The van der Waals surface area contributed by atoms with Crippen LogP contribution in [0.1, 0.15) is 25.5 Å². The second-order valence-corrected chi connectivity index (χ2v) is 5.43. The second-order valence-electron chi connectivity index (χ2n) is 4.35. The predicted octanol–water partition coefficient (Wildman–Crippen LogP) is 3.55. The number of likely N-dealkylation sites (N-methyl/N-ethyl adjacent to an activating group) is 1. The molecule has 0 bridgehead atoms. The lowest BCUT2D eigenvalue weighted by atomic mass is 10.1. The summed E-state index contributed by atoms with van der Waals surface area (Å²) in [5.74, 6) is -0.303. The number of carbonyl (C=O) groups excluding carboxylic acids is 1. The van der Waals surface area contributed by atoms with Gasteiger partial charge in [-0.3, -0.25) is 4.79 Å². The Hall–Kier alpha value is -1.09. The SMILES string of the molecule is CCN(CC)C(=O)C(C#N)OC(CBr)c1ccc(Cl)cc1. The molecule has 0 heterocycles. The van der Waals surface area contributed by atoms with Gasteiger partial charge in [0.15, 0.2) is 0 Å².